The van der Waals surface area contributed by atoms with E-state index in [0.717, 1.165) is 22.6 Å². The van der Waals surface area contributed by atoms with Crippen LogP contribution in [0.2, 0.25) is 0 Å². The Bertz CT molecular complexity index is 622. The second-order valence-corrected chi connectivity index (χ2v) is 6.95. The van der Waals surface area contributed by atoms with Crippen LogP contribution >= 0.6 is 0 Å². The van der Waals surface area contributed by atoms with E-state index >= 15 is 0 Å². The average molecular weight is 373 g/mol. The zero-order chi connectivity index (χ0) is 19.8. The molecule has 0 heterocycles. The molecule has 0 aliphatic rings. The van der Waals surface area contributed by atoms with E-state index in [2.05, 4.69) is 18.7 Å². The monoisotopic (exact) mass is 373 g/mol. The maximum absolute atomic E-state index is 10.4. The zero-order valence-corrected chi connectivity index (χ0v) is 16.9. The Balaban J connectivity index is 2.15. The molecule has 1 N–H and O–H groups in total. The van der Waals surface area contributed by atoms with E-state index in [9.17, 15) is 5.11 Å². The van der Waals surface area contributed by atoms with Gasteiger partial charge in [-0.3, -0.25) is 0 Å². The van der Waals surface area contributed by atoms with Gasteiger partial charge in [0, 0.05) is 12.6 Å². The molecular weight excluding hydrogens is 342 g/mol. The van der Waals surface area contributed by atoms with Crippen LogP contribution in [0.15, 0.2) is 48.5 Å². The first-order chi connectivity index (χ1) is 12.9. The van der Waals surface area contributed by atoms with Crippen molar-refractivity contribution >= 4 is 0 Å². The predicted molar refractivity (Wildman–Crippen MR) is 108 cm³/mol. The molecule has 5 nitrogen and oxygen atoms in total. The third-order valence-electron chi connectivity index (χ3n) is 4.67. The SMILES string of the molecule is COc1ccc(C(OC[C@@H](O)CN(C)C(C)C)c2ccc(OC)cc2)cc1. The van der Waals surface area contributed by atoms with Crippen LogP contribution < -0.4 is 9.47 Å². The van der Waals surface area contributed by atoms with Gasteiger partial charge in [-0.2, -0.15) is 0 Å². The van der Waals surface area contributed by atoms with Gasteiger partial charge in [0.05, 0.1) is 26.9 Å². The van der Waals surface area contributed by atoms with Gasteiger partial charge in [0.2, 0.25) is 0 Å². The molecule has 0 aromatic heterocycles. The highest BCUT2D eigenvalue weighted by atomic mass is 16.5. The van der Waals surface area contributed by atoms with Crippen LogP contribution in [0, 0.1) is 0 Å². The highest BCUT2D eigenvalue weighted by Gasteiger charge is 2.18. The summed E-state index contributed by atoms with van der Waals surface area (Å²) < 4.78 is 16.6. The lowest BCUT2D eigenvalue weighted by atomic mass is 10.0. The van der Waals surface area contributed by atoms with Crippen LogP contribution in [-0.2, 0) is 4.74 Å². The van der Waals surface area contributed by atoms with Gasteiger partial charge in [0.1, 0.15) is 17.6 Å². The molecular formula is C22H31NO4. The molecule has 0 unspecified atom stereocenters. The fourth-order valence-electron chi connectivity index (χ4n) is 2.75. The molecule has 2 rings (SSSR count). The quantitative estimate of drug-likeness (QED) is 0.691. The standard InChI is InChI=1S/C22H31NO4/c1-16(2)23(3)14-19(24)15-27-22(17-6-10-20(25-4)11-7-17)18-8-12-21(26-5)13-9-18/h6-13,16,19,22,24H,14-15H2,1-5H3/t19-/m0/s1. The topological polar surface area (TPSA) is 51.2 Å². The lowest BCUT2D eigenvalue weighted by Gasteiger charge is -2.26. The maximum Gasteiger partial charge on any atom is 0.118 e. The summed E-state index contributed by atoms with van der Waals surface area (Å²) in [5, 5.41) is 10.4. The number of ether oxygens (including phenoxy) is 3. The molecule has 2 aromatic rings. The molecule has 0 amide bonds. The summed E-state index contributed by atoms with van der Waals surface area (Å²) >= 11 is 0. The molecule has 1 atom stereocenters. The normalized spacial score (nSPS) is 12.6. The molecule has 0 saturated heterocycles. The Morgan fingerprint density at radius 3 is 1.67 bits per heavy atom. The molecule has 0 radical (unpaired) electrons. The van der Waals surface area contributed by atoms with E-state index in [1.54, 1.807) is 14.2 Å². The molecule has 0 saturated carbocycles. The first-order valence-electron chi connectivity index (χ1n) is 9.22. The van der Waals surface area contributed by atoms with E-state index in [1.807, 2.05) is 55.6 Å². The highest BCUT2D eigenvalue weighted by Crippen LogP contribution is 2.29. The second-order valence-electron chi connectivity index (χ2n) is 6.95. The van der Waals surface area contributed by atoms with Gasteiger partial charge < -0.3 is 24.2 Å². The minimum Gasteiger partial charge on any atom is -0.497 e. The molecule has 0 aliphatic heterocycles. The number of aliphatic hydroxyl groups is 1. The van der Waals surface area contributed by atoms with Gasteiger partial charge in [-0.05, 0) is 56.3 Å². The number of benzene rings is 2. The molecule has 0 aliphatic carbocycles. The van der Waals surface area contributed by atoms with Crippen molar-refractivity contribution in [2.75, 3.05) is 34.4 Å². The van der Waals surface area contributed by atoms with Crippen molar-refractivity contribution in [3.8, 4) is 11.5 Å². The Hall–Kier alpha value is -2.08. The largest absolute Gasteiger partial charge is 0.497 e. The van der Waals surface area contributed by atoms with E-state index in [1.165, 1.54) is 0 Å². The minimum absolute atomic E-state index is 0.250. The Labute approximate surface area is 162 Å². The summed E-state index contributed by atoms with van der Waals surface area (Å²) in [5.41, 5.74) is 2.01. The van der Waals surface area contributed by atoms with Crippen LogP contribution in [0.4, 0.5) is 0 Å². The molecule has 0 fully saturated rings. The van der Waals surface area contributed by atoms with Crippen molar-refractivity contribution in [3.63, 3.8) is 0 Å². The minimum atomic E-state index is -0.559. The number of likely N-dealkylation sites (N-methyl/N-ethyl adjacent to an activating group) is 1. The Morgan fingerprint density at radius 2 is 1.30 bits per heavy atom. The fraction of sp³-hybridized carbons (Fsp3) is 0.455. The summed E-state index contributed by atoms with van der Waals surface area (Å²) in [6.45, 7) is 5.02. The average Bonchev–Trinajstić information content (AvgIpc) is 2.69. The van der Waals surface area contributed by atoms with Crippen LogP contribution in [-0.4, -0.2) is 56.6 Å². The van der Waals surface area contributed by atoms with Crippen LogP contribution in [0.1, 0.15) is 31.1 Å². The lowest BCUT2D eigenvalue weighted by Crippen LogP contribution is -2.36. The van der Waals surface area contributed by atoms with Crippen LogP contribution in [0.3, 0.4) is 0 Å². The lowest BCUT2D eigenvalue weighted by molar-refractivity contribution is -0.00852. The van der Waals surface area contributed by atoms with E-state index < -0.39 is 6.10 Å². The molecule has 5 heteroatoms. The molecule has 0 bridgehead atoms. The van der Waals surface area contributed by atoms with Gasteiger partial charge in [-0.1, -0.05) is 24.3 Å². The van der Waals surface area contributed by atoms with Crippen molar-refractivity contribution in [1.82, 2.24) is 4.90 Å². The fourth-order valence-corrected chi connectivity index (χ4v) is 2.75. The van der Waals surface area contributed by atoms with Crippen molar-refractivity contribution in [2.45, 2.75) is 32.1 Å². The predicted octanol–water partition coefficient (Wildman–Crippen LogP) is 3.51. The number of methoxy groups -OCH3 is 2. The van der Waals surface area contributed by atoms with Crippen LogP contribution in [0.25, 0.3) is 0 Å². The van der Waals surface area contributed by atoms with Gasteiger partial charge in [0.15, 0.2) is 0 Å². The van der Waals surface area contributed by atoms with Gasteiger partial charge in [-0.25, -0.2) is 0 Å². The second kappa shape index (κ2) is 10.3. The summed E-state index contributed by atoms with van der Waals surface area (Å²) in [6, 6.07) is 16.0. The molecule has 27 heavy (non-hydrogen) atoms. The summed E-state index contributed by atoms with van der Waals surface area (Å²) in [5.74, 6) is 1.59. The van der Waals surface area contributed by atoms with E-state index in [-0.39, 0.29) is 12.7 Å². The number of nitrogens with zero attached hydrogens (tertiary/aromatic N) is 1. The number of hydrogen-bond donors (Lipinski definition) is 1. The van der Waals surface area contributed by atoms with Crippen molar-refractivity contribution < 1.29 is 19.3 Å². The molecule has 2 aromatic carbocycles. The zero-order valence-electron chi connectivity index (χ0n) is 16.9. The number of rotatable bonds is 10. The Morgan fingerprint density at radius 1 is 0.852 bits per heavy atom. The Kier molecular flexibility index (Phi) is 8.10. The molecule has 0 spiro atoms. The maximum atomic E-state index is 10.4. The van der Waals surface area contributed by atoms with Crippen molar-refractivity contribution in [2.24, 2.45) is 0 Å². The van der Waals surface area contributed by atoms with Gasteiger partial charge in [0.25, 0.3) is 0 Å². The van der Waals surface area contributed by atoms with Crippen molar-refractivity contribution in [3.05, 3.63) is 59.7 Å². The summed E-state index contributed by atoms with van der Waals surface area (Å²) in [6.07, 6.45) is -0.836. The third kappa shape index (κ3) is 6.24. The summed E-state index contributed by atoms with van der Waals surface area (Å²) in [4.78, 5) is 2.10. The highest BCUT2D eigenvalue weighted by molar-refractivity contribution is 5.36. The first kappa shape index (κ1) is 21.2. The third-order valence-corrected chi connectivity index (χ3v) is 4.67. The van der Waals surface area contributed by atoms with Gasteiger partial charge >= 0.3 is 0 Å². The van der Waals surface area contributed by atoms with Crippen LogP contribution in [0.5, 0.6) is 11.5 Å². The van der Waals surface area contributed by atoms with Crippen molar-refractivity contribution in [1.29, 1.82) is 0 Å². The number of aliphatic hydroxyl groups excluding tert-OH is 1. The number of hydrogen-bond acceptors (Lipinski definition) is 5. The van der Waals surface area contributed by atoms with Gasteiger partial charge in [-0.15, -0.1) is 0 Å². The first-order valence-corrected chi connectivity index (χ1v) is 9.22. The van der Waals surface area contributed by atoms with E-state index in [4.69, 9.17) is 14.2 Å². The smallest absolute Gasteiger partial charge is 0.118 e. The molecule has 148 valence electrons. The summed E-state index contributed by atoms with van der Waals surface area (Å²) in [7, 11) is 5.29. The van der Waals surface area contributed by atoms with E-state index in [0.29, 0.717) is 12.6 Å².